The maximum atomic E-state index is 12.5. The van der Waals surface area contributed by atoms with Crippen LogP contribution in [0.25, 0.3) is 5.69 Å². The lowest BCUT2D eigenvalue weighted by Crippen LogP contribution is -2.13. The Bertz CT molecular complexity index is 926. The van der Waals surface area contributed by atoms with Gasteiger partial charge in [-0.3, -0.25) is 14.3 Å². The number of anilines is 2. The second kappa shape index (κ2) is 7.22. The van der Waals surface area contributed by atoms with E-state index in [0.717, 1.165) is 5.69 Å². The molecule has 0 bridgehead atoms. The fourth-order valence-corrected chi connectivity index (χ4v) is 2.41. The number of hydrogen-bond acceptors (Lipinski definition) is 4. The van der Waals surface area contributed by atoms with Gasteiger partial charge in [-0.05, 0) is 26.0 Å². The molecule has 0 aliphatic heterocycles. The van der Waals surface area contributed by atoms with Crippen LogP contribution in [0.1, 0.15) is 37.3 Å². The van der Waals surface area contributed by atoms with Crippen LogP contribution in [-0.4, -0.2) is 31.4 Å². The van der Waals surface area contributed by atoms with Crippen molar-refractivity contribution < 1.29 is 9.59 Å². The standard InChI is InChI=1S/C18H20N6O2/c1-12(2)23-11-14(10-19-23)21-18(26)16-9-17(20-13(3)25)24(22-16)15-7-5-4-6-8-15/h4-12H,1-3H3,(H,20,25)(H,21,26). The first-order valence-corrected chi connectivity index (χ1v) is 8.22. The molecule has 0 aliphatic carbocycles. The van der Waals surface area contributed by atoms with Crippen molar-refractivity contribution in [2.24, 2.45) is 0 Å². The molecular formula is C18H20N6O2. The zero-order chi connectivity index (χ0) is 18.7. The summed E-state index contributed by atoms with van der Waals surface area (Å²) in [5.41, 5.74) is 1.51. The highest BCUT2D eigenvalue weighted by molar-refractivity contribution is 6.03. The molecule has 0 atom stereocenters. The van der Waals surface area contributed by atoms with E-state index >= 15 is 0 Å². The Labute approximate surface area is 150 Å². The monoisotopic (exact) mass is 352 g/mol. The summed E-state index contributed by atoms with van der Waals surface area (Å²) in [6.07, 6.45) is 3.34. The van der Waals surface area contributed by atoms with Crippen LogP contribution >= 0.6 is 0 Å². The number of carbonyl (C=O) groups is 2. The fraction of sp³-hybridized carbons (Fsp3) is 0.222. The number of benzene rings is 1. The third-order valence-electron chi connectivity index (χ3n) is 3.64. The molecular weight excluding hydrogens is 332 g/mol. The van der Waals surface area contributed by atoms with E-state index in [0.29, 0.717) is 11.5 Å². The number of hydrogen-bond donors (Lipinski definition) is 2. The van der Waals surface area contributed by atoms with Gasteiger partial charge in [0, 0.05) is 25.2 Å². The number of nitrogens with one attached hydrogen (secondary N) is 2. The van der Waals surface area contributed by atoms with Crippen LogP contribution in [0.3, 0.4) is 0 Å². The van der Waals surface area contributed by atoms with Crippen LogP contribution in [0.2, 0.25) is 0 Å². The molecule has 0 saturated carbocycles. The van der Waals surface area contributed by atoms with Crippen LogP contribution in [0.4, 0.5) is 11.5 Å². The molecule has 3 rings (SSSR count). The summed E-state index contributed by atoms with van der Waals surface area (Å²) in [6.45, 7) is 5.40. The highest BCUT2D eigenvalue weighted by Crippen LogP contribution is 2.18. The van der Waals surface area contributed by atoms with E-state index < -0.39 is 0 Å². The lowest BCUT2D eigenvalue weighted by molar-refractivity contribution is -0.114. The summed E-state index contributed by atoms with van der Waals surface area (Å²) in [7, 11) is 0. The van der Waals surface area contributed by atoms with Gasteiger partial charge in [0.2, 0.25) is 5.91 Å². The number of para-hydroxylation sites is 1. The van der Waals surface area contributed by atoms with Crippen LogP contribution in [0.5, 0.6) is 0 Å². The van der Waals surface area contributed by atoms with Crippen molar-refractivity contribution >= 4 is 23.3 Å². The molecule has 3 aromatic rings. The fourth-order valence-electron chi connectivity index (χ4n) is 2.41. The van der Waals surface area contributed by atoms with Gasteiger partial charge in [-0.1, -0.05) is 18.2 Å². The Kier molecular flexibility index (Phi) is 4.83. The van der Waals surface area contributed by atoms with E-state index in [9.17, 15) is 9.59 Å². The molecule has 134 valence electrons. The van der Waals surface area contributed by atoms with Crippen molar-refractivity contribution in [3.63, 3.8) is 0 Å². The molecule has 0 saturated heterocycles. The van der Waals surface area contributed by atoms with Crippen molar-refractivity contribution in [1.29, 1.82) is 0 Å². The Hall–Kier alpha value is -3.42. The second-order valence-electron chi connectivity index (χ2n) is 6.10. The zero-order valence-corrected chi connectivity index (χ0v) is 14.8. The Morgan fingerprint density at radius 3 is 2.46 bits per heavy atom. The maximum absolute atomic E-state index is 12.5. The number of amides is 2. The zero-order valence-electron chi connectivity index (χ0n) is 14.8. The van der Waals surface area contributed by atoms with Gasteiger partial charge >= 0.3 is 0 Å². The quantitative estimate of drug-likeness (QED) is 0.738. The first kappa shape index (κ1) is 17.4. The second-order valence-corrected chi connectivity index (χ2v) is 6.10. The van der Waals surface area contributed by atoms with Gasteiger partial charge in [-0.25, -0.2) is 4.68 Å². The Morgan fingerprint density at radius 2 is 1.85 bits per heavy atom. The van der Waals surface area contributed by atoms with Crippen molar-refractivity contribution in [2.75, 3.05) is 10.6 Å². The first-order valence-electron chi connectivity index (χ1n) is 8.22. The van der Waals surface area contributed by atoms with E-state index in [4.69, 9.17) is 0 Å². The molecule has 8 nitrogen and oxygen atoms in total. The number of rotatable bonds is 5. The van der Waals surface area contributed by atoms with Gasteiger partial charge in [0.05, 0.1) is 17.6 Å². The van der Waals surface area contributed by atoms with Gasteiger partial charge in [0.15, 0.2) is 5.69 Å². The molecule has 1 aromatic carbocycles. The van der Waals surface area contributed by atoms with Crippen molar-refractivity contribution in [1.82, 2.24) is 19.6 Å². The summed E-state index contributed by atoms with van der Waals surface area (Å²) >= 11 is 0. The molecule has 2 aromatic heterocycles. The van der Waals surface area contributed by atoms with E-state index in [1.165, 1.54) is 17.7 Å². The van der Waals surface area contributed by atoms with E-state index in [-0.39, 0.29) is 23.6 Å². The third kappa shape index (κ3) is 3.80. The summed E-state index contributed by atoms with van der Waals surface area (Å²) in [6, 6.07) is 11.0. The average Bonchev–Trinajstić information content (AvgIpc) is 3.22. The van der Waals surface area contributed by atoms with E-state index in [2.05, 4.69) is 20.8 Å². The lowest BCUT2D eigenvalue weighted by Gasteiger charge is -2.06. The normalized spacial score (nSPS) is 10.8. The van der Waals surface area contributed by atoms with Crippen molar-refractivity contribution in [3.05, 3.63) is 54.5 Å². The SMILES string of the molecule is CC(=O)Nc1cc(C(=O)Nc2cnn(C(C)C)c2)nn1-c1ccccc1. The highest BCUT2D eigenvalue weighted by atomic mass is 16.2. The molecule has 8 heteroatoms. The Balaban J connectivity index is 1.88. The summed E-state index contributed by atoms with van der Waals surface area (Å²) in [5.74, 6) is -0.200. The third-order valence-corrected chi connectivity index (χ3v) is 3.64. The van der Waals surface area contributed by atoms with Crippen LogP contribution < -0.4 is 10.6 Å². The minimum absolute atomic E-state index is 0.190. The highest BCUT2D eigenvalue weighted by Gasteiger charge is 2.17. The maximum Gasteiger partial charge on any atom is 0.276 e. The van der Waals surface area contributed by atoms with Gasteiger partial charge in [-0.15, -0.1) is 0 Å². The van der Waals surface area contributed by atoms with Crippen molar-refractivity contribution in [3.8, 4) is 5.69 Å². The molecule has 2 N–H and O–H groups in total. The molecule has 2 amide bonds. The van der Waals surface area contributed by atoms with Gasteiger partial charge in [-0.2, -0.15) is 10.2 Å². The summed E-state index contributed by atoms with van der Waals surface area (Å²) < 4.78 is 3.27. The number of nitrogens with zero attached hydrogens (tertiary/aromatic N) is 4. The van der Waals surface area contributed by atoms with Crippen LogP contribution in [0.15, 0.2) is 48.8 Å². The lowest BCUT2D eigenvalue weighted by atomic mass is 10.3. The predicted molar refractivity (Wildman–Crippen MR) is 98.4 cm³/mol. The van der Waals surface area contributed by atoms with Gasteiger partial charge in [0.1, 0.15) is 5.82 Å². The predicted octanol–water partition coefficient (Wildman–Crippen LogP) is 2.86. The number of carbonyl (C=O) groups excluding carboxylic acids is 2. The summed E-state index contributed by atoms with van der Waals surface area (Å²) in [4.78, 5) is 24.0. The van der Waals surface area contributed by atoms with E-state index in [1.807, 2.05) is 44.2 Å². The van der Waals surface area contributed by atoms with Gasteiger partial charge < -0.3 is 10.6 Å². The Morgan fingerprint density at radius 1 is 1.12 bits per heavy atom. The molecule has 26 heavy (non-hydrogen) atoms. The molecule has 0 fully saturated rings. The topological polar surface area (TPSA) is 93.8 Å². The molecule has 0 spiro atoms. The molecule has 2 heterocycles. The minimum atomic E-state index is -0.380. The summed E-state index contributed by atoms with van der Waals surface area (Å²) in [5, 5.41) is 14.0. The van der Waals surface area contributed by atoms with Crippen molar-refractivity contribution in [2.45, 2.75) is 26.8 Å². The first-order chi connectivity index (χ1) is 12.4. The largest absolute Gasteiger partial charge is 0.318 e. The van der Waals surface area contributed by atoms with Crippen LogP contribution in [0, 0.1) is 0 Å². The smallest absolute Gasteiger partial charge is 0.276 e. The average molecular weight is 352 g/mol. The van der Waals surface area contributed by atoms with Gasteiger partial charge in [0.25, 0.3) is 5.91 Å². The molecule has 0 unspecified atom stereocenters. The minimum Gasteiger partial charge on any atom is -0.318 e. The molecule has 0 radical (unpaired) electrons. The molecule has 0 aliphatic rings. The van der Waals surface area contributed by atoms with E-state index in [1.54, 1.807) is 17.1 Å². The van der Waals surface area contributed by atoms with Crippen LogP contribution in [-0.2, 0) is 4.79 Å². The number of aromatic nitrogens is 4.